The Bertz CT molecular complexity index is 1180. The number of aromatic nitrogens is 2. The van der Waals surface area contributed by atoms with Gasteiger partial charge in [-0.1, -0.05) is 48.2 Å². The summed E-state index contributed by atoms with van der Waals surface area (Å²) >= 11 is 1.14. The molecule has 1 aromatic heterocycles. The number of aryl methyl sites for hydroxylation is 2. The van der Waals surface area contributed by atoms with Gasteiger partial charge in [0.1, 0.15) is 0 Å². The van der Waals surface area contributed by atoms with Gasteiger partial charge in [0.25, 0.3) is 5.56 Å². The molecule has 0 aliphatic heterocycles. The van der Waals surface area contributed by atoms with Crippen LogP contribution in [0.5, 0.6) is 0 Å². The molecular weight excluding hydrogens is 412 g/mol. The summed E-state index contributed by atoms with van der Waals surface area (Å²) in [5.74, 6) is -0.601. The maximum absolute atomic E-state index is 12.7. The van der Waals surface area contributed by atoms with E-state index in [1.807, 2.05) is 38.1 Å². The molecule has 7 nitrogen and oxygen atoms in total. The predicted molar refractivity (Wildman–Crippen MR) is 124 cm³/mol. The van der Waals surface area contributed by atoms with E-state index in [-0.39, 0.29) is 29.7 Å². The molecule has 0 unspecified atom stereocenters. The largest absolute Gasteiger partial charge is 0.346 e. The highest BCUT2D eigenvalue weighted by molar-refractivity contribution is 7.99. The first-order valence-electron chi connectivity index (χ1n) is 9.76. The predicted octanol–water partition coefficient (Wildman–Crippen LogP) is 3.05. The number of nitrogens with one attached hydrogen (secondary N) is 2. The number of fused-ring (bicyclic) bond motifs is 1. The van der Waals surface area contributed by atoms with Crippen molar-refractivity contribution in [3.8, 4) is 0 Å². The van der Waals surface area contributed by atoms with E-state index in [4.69, 9.17) is 0 Å². The topological polar surface area (TPSA) is 93.1 Å². The molecule has 0 spiro atoms. The first-order valence-corrected chi connectivity index (χ1v) is 10.7. The smallest absolute Gasteiger partial charge is 0.262 e. The van der Waals surface area contributed by atoms with Crippen molar-refractivity contribution in [3.05, 3.63) is 76.6 Å². The zero-order valence-corrected chi connectivity index (χ0v) is 18.3. The van der Waals surface area contributed by atoms with Crippen molar-refractivity contribution < 1.29 is 9.59 Å². The molecule has 0 saturated carbocycles. The van der Waals surface area contributed by atoms with Crippen molar-refractivity contribution in [2.75, 3.05) is 17.6 Å². The number of anilines is 1. The second kappa shape index (κ2) is 10.1. The Morgan fingerprint density at radius 3 is 2.52 bits per heavy atom. The van der Waals surface area contributed by atoms with Gasteiger partial charge in [-0.2, -0.15) is 0 Å². The fourth-order valence-corrected chi connectivity index (χ4v) is 3.94. The van der Waals surface area contributed by atoms with Gasteiger partial charge in [-0.15, -0.1) is 6.58 Å². The Hall–Kier alpha value is -3.39. The highest BCUT2D eigenvalue weighted by Crippen LogP contribution is 2.19. The van der Waals surface area contributed by atoms with Gasteiger partial charge in [0.15, 0.2) is 5.16 Å². The van der Waals surface area contributed by atoms with Crippen molar-refractivity contribution in [2.24, 2.45) is 0 Å². The second-order valence-corrected chi connectivity index (χ2v) is 7.94. The molecule has 3 aromatic rings. The number of hydrogen-bond donors (Lipinski definition) is 2. The maximum Gasteiger partial charge on any atom is 0.262 e. The fraction of sp³-hybridized carbons (Fsp3) is 0.217. The van der Waals surface area contributed by atoms with Gasteiger partial charge in [-0.3, -0.25) is 19.0 Å². The lowest BCUT2D eigenvalue weighted by atomic mass is 10.1. The Kier molecular flexibility index (Phi) is 7.25. The number of allylic oxidation sites excluding steroid dienone is 1. The quantitative estimate of drug-likeness (QED) is 0.322. The number of thioether (sulfide) groups is 1. The molecule has 160 valence electrons. The van der Waals surface area contributed by atoms with Gasteiger partial charge in [-0.25, -0.2) is 4.98 Å². The van der Waals surface area contributed by atoms with Gasteiger partial charge >= 0.3 is 0 Å². The summed E-state index contributed by atoms with van der Waals surface area (Å²) in [5.41, 5.74) is 3.06. The number of rotatable bonds is 8. The highest BCUT2D eigenvalue weighted by Gasteiger charge is 2.13. The molecule has 0 saturated heterocycles. The standard InChI is InChI=1S/C23H24N4O3S/c1-4-12-27-22(30)17-10-5-6-11-18(17)25-23(27)31-14-20(29)24-13-19(28)26-21-15(2)8-7-9-16(21)3/h4-11H,1,12-14H2,2-3H3,(H,24,29)(H,26,28). The third-order valence-corrected chi connectivity index (χ3v) is 5.64. The molecule has 0 aliphatic carbocycles. The summed E-state index contributed by atoms with van der Waals surface area (Å²) in [7, 11) is 0. The van der Waals surface area contributed by atoms with Crippen molar-refractivity contribution in [1.82, 2.24) is 14.9 Å². The van der Waals surface area contributed by atoms with Crippen molar-refractivity contribution >= 4 is 40.2 Å². The van der Waals surface area contributed by atoms with Crippen molar-refractivity contribution in [1.29, 1.82) is 0 Å². The molecule has 3 rings (SSSR count). The summed E-state index contributed by atoms with van der Waals surface area (Å²) in [6.45, 7) is 7.67. The van der Waals surface area contributed by atoms with Gasteiger partial charge in [0.2, 0.25) is 11.8 Å². The fourth-order valence-electron chi connectivity index (χ4n) is 3.10. The van der Waals surface area contributed by atoms with Crippen LogP contribution in [-0.4, -0.2) is 33.7 Å². The summed E-state index contributed by atoms with van der Waals surface area (Å²) in [4.78, 5) is 41.8. The molecule has 0 bridgehead atoms. The van der Waals surface area contributed by atoms with E-state index in [9.17, 15) is 14.4 Å². The number of nitrogens with zero attached hydrogens (tertiary/aromatic N) is 2. The molecule has 1 heterocycles. The third kappa shape index (κ3) is 5.40. The van der Waals surface area contributed by atoms with Crippen LogP contribution in [0.3, 0.4) is 0 Å². The van der Waals surface area contributed by atoms with Crippen LogP contribution in [0.1, 0.15) is 11.1 Å². The minimum absolute atomic E-state index is 0.0264. The Balaban J connectivity index is 1.62. The zero-order chi connectivity index (χ0) is 22.4. The van der Waals surface area contributed by atoms with Crippen LogP contribution in [0.2, 0.25) is 0 Å². The Morgan fingerprint density at radius 1 is 1.10 bits per heavy atom. The second-order valence-electron chi connectivity index (χ2n) is 7.00. The monoisotopic (exact) mass is 436 g/mol. The maximum atomic E-state index is 12.7. The van der Waals surface area contributed by atoms with E-state index < -0.39 is 0 Å². The van der Waals surface area contributed by atoms with E-state index >= 15 is 0 Å². The number of benzene rings is 2. The van der Waals surface area contributed by atoms with E-state index in [2.05, 4.69) is 22.2 Å². The molecule has 2 aromatic carbocycles. The number of hydrogen-bond acceptors (Lipinski definition) is 5. The van der Waals surface area contributed by atoms with Crippen molar-refractivity contribution in [2.45, 2.75) is 25.5 Å². The van der Waals surface area contributed by atoms with Gasteiger partial charge < -0.3 is 10.6 Å². The van der Waals surface area contributed by atoms with E-state index in [0.717, 1.165) is 28.6 Å². The minimum Gasteiger partial charge on any atom is -0.346 e. The van der Waals surface area contributed by atoms with E-state index in [0.29, 0.717) is 22.6 Å². The molecule has 2 N–H and O–H groups in total. The first kappa shape index (κ1) is 22.3. The lowest BCUT2D eigenvalue weighted by Crippen LogP contribution is -2.34. The van der Waals surface area contributed by atoms with Crippen LogP contribution >= 0.6 is 11.8 Å². The number of para-hydroxylation sites is 2. The van der Waals surface area contributed by atoms with Crippen LogP contribution < -0.4 is 16.2 Å². The van der Waals surface area contributed by atoms with Crippen LogP contribution in [0.4, 0.5) is 5.69 Å². The van der Waals surface area contributed by atoms with E-state index in [1.54, 1.807) is 24.3 Å². The highest BCUT2D eigenvalue weighted by atomic mass is 32.2. The number of carbonyl (C=O) groups excluding carboxylic acids is 2. The molecular formula is C23H24N4O3S. The summed E-state index contributed by atoms with van der Waals surface area (Å²) < 4.78 is 1.49. The summed E-state index contributed by atoms with van der Waals surface area (Å²) in [5, 5.41) is 6.38. The Morgan fingerprint density at radius 2 is 1.81 bits per heavy atom. The van der Waals surface area contributed by atoms with Gasteiger partial charge in [0, 0.05) is 12.2 Å². The van der Waals surface area contributed by atoms with Crippen LogP contribution in [0, 0.1) is 13.8 Å². The third-order valence-electron chi connectivity index (χ3n) is 4.66. The number of amides is 2. The van der Waals surface area contributed by atoms with Crippen LogP contribution in [-0.2, 0) is 16.1 Å². The lowest BCUT2D eigenvalue weighted by molar-refractivity contribution is -0.122. The average molecular weight is 437 g/mol. The average Bonchev–Trinajstić information content (AvgIpc) is 2.76. The summed E-state index contributed by atoms with van der Waals surface area (Å²) in [6.07, 6.45) is 1.61. The first-order chi connectivity index (χ1) is 14.9. The normalized spacial score (nSPS) is 10.6. The molecule has 31 heavy (non-hydrogen) atoms. The zero-order valence-electron chi connectivity index (χ0n) is 17.5. The van der Waals surface area contributed by atoms with Gasteiger partial charge in [-0.05, 0) is 37.1 Å². The van der Waals surface area contributed by atoms with Crippen LogP contribution in [0.25, 0.3) is 10.9 Å². The molecule has 0 radical (unpaired) electrons. The SMILES string of the molecule is C=CCn1c(SCC(=O)NCC(=O)Nc2c(C)cccc2C)nc2ccccc2c1=O. The number of carbonyl (C=O) groups is 2. The molecule has 0 fully saturated rings. The minimum atomic E-state index is -0.325. The Labute approximate surface area is 184 Å². The molecule has 0 aliphatic rings. The van der Waals surface area contributed by atoms with Crippen molar-refractivity contribution in [3.63, 3.8) is 0 Å². The van der Waals surface area contributed by atoms with Gasteiger partial charge in [0.05, 0.1) is 23.2 Å². The lowest BCUT2D eigenvalue weighted by Gasteiger charge is -2.13. The molecule has 0 atom stereocenters. The van der Waals surface area contributed by atoms with E-state index in [1.165, 1.54) is 4.57 Å². The molecule has 8 heteroatoms. The molecule has 2 amide bonds. The van der Waals surface area contributed by atoms with Crippen LogP contribution in [0.15, 0.2) is 65.1 Å². The summed E-state index contributed by atoms with van der Waals surface area (Å²) in [6, 6.07) is 12.8.